The van der Waals surface area contributed by atoms with Gasteiger partial charge in [0.1, 0.15) is 5.75 Å². The first-order valence-electron chi connectivity index (χ1n) is 9.44. The predicted octanol–water partition coefficient (Wildman–Crippen LogP) is 5.00. The van der Waals surface area contributed by atoms with E-state index in [1.807, 2.05) is 26.0 Å². The minimum atomic E-state index is -0.657. The number of carbonyl (C=O) groups is 2. The summed E-state index contributed by atoms with van der Waals surface area (Å²) in [4.78, 5) is 24.5. The molecular weight excluding hydrogens is 420 g/mol. The molecule has 0 saturated carbocycles. The van der Waals surface area contributed by atoms with E-state index in [1.54, 1.807) is 31.2 Å². The molecule has 1 atom stereocenters. The van der Waals surface area contributed by atoms with Crippen LogP contribution < -0.4 is 15.4 Å². The van der Waals surface area contributed by atoms with E-state index in [2.05, 4.69) is 33.5 Å². The molecule has 0 bridgehead atoms. The summed E-state index contributed by atoms with van der Waals surface area (Å²) in [7, 11) is 0. The number of amides is 2. The molecular formula is C22H27BrN2O3. The van der Waals surface area contributed by atoms with Gasteiger partial charge in [-0.25, -0.2) is 0 Å². The number of halogens is 1. The quantitative estimate of drug-likeness (QED) is 0.560. The largest absolute Gasteiger partial charge is 0.480 e. The molecule has 1 unspecified atom stereocenters. The van der Waals surface area contributed by atoms with Crippen LogP contribution in [0.1, 0.15) is 48.2 Å². The maximum atomic E-state index is 12.5. The molecule has 2 N–H and O–H groups in total. The number of unbranched alkanes of at least 4 members (excludes halogenated alkanes) is 1. The summed E-state index contributed by atoms with van der Waals surface area (Å²) < 4.78 is 6.86. The summed E-state index contributed by atoms with van der Waals surface area (Å²) >= 11 is 3.46. The van der Waals surface area contributed by atoms with E-state index in [1.165, 1.54) is 0 Å². The van der Waals surface area contributed by atoms with Crippen molar-refractivity contribution in [2.45, 2.75) is 46.6 Å². The van der Waals surface area contributed by atoms with Crippen molar-refractivity contribution in [3.63, 3.8) is 0 Å². The second kappa shape index (κ2) is 10.3. The van der Waals surface area contributed by atoms with Gasteiger partial charge in [-0.05, 0) is 74.7 Å². The second-order valence-corrected chi connectivity index (χ2v) is 7.72. The van der Waals surface area contributed by atoms with Crippen LogP contribution in [0.25, 0.3) is 0 Å². The van der Waals surface area contributed by atoms with E-state index in [0.717, 1.165) is 28.4 Å². The van der Waals surface area contributed by atoms with Gasteiger partial charge in [0.25, 0.3) is 11.8 Å². The second-order valence-electron chi connectivity index (χ2n) is 6.80. The van der Waals surface area contributed by atoms with Crippen LogP contribution in [0.5, 0.6) is 5.75 Å². The Labute approximate surface area is 175 Å². The molecule has 2 aromatic rings. The van der Waals surface area contributed by atoms with Gasteiger partial charge in [-0.15, -0.1) is 0 Å². The maximum absolute atomic E-state index is 12.5. The summed E-state index contributed by atoms with van der Waals surface area (Å²) in [5.41, 5.74) is 3.12. The van der Waals surface area contributed by atoms with Crippen LogP contribution in [-0.4, -0.2) is 24.5 Å². The van der Waals surface area contributed by atoms with Crippen LogP contribution in [0.2, 0.25) is 0 Å². The van der Waals surface area contributed by atoms with Gasteiger partial charge in [0.15, 0.2) is 6.10 Å². The lowest BCUT2D eigenvalue weighted by atomic mass is 10.1. The molecule has 0 spiro atoms. The molecule has 0 heterocycles. The molecule has 0 saturated heterocycles. The average Bonchev–Trinajstić information content (AvgIpc) is 2.65. The lowest BCUT2D eigenvalue weighted by Crippen LogP contribution is -2.30. The summed E-state index contributed by atoms with van der Waals surface area (Å²) in [5.74, 6) is 0.357. The van der Waals surface area contributed by atoms with Crippen molar-refractivity contribution in [1.82, 2.24) is 5.32 Å². The zero-order chi connectivity index (χ0) is 20.7. The zero-order valence-electron chi connectivity index (χ0n) is 16.8. The highest BCUT2D eigenvalue weighted by Gasteiger charge is 2.17. The number of nitrogens with one attached hydrogen (secondary N) is 2. The molecule has 0 aliphatic heterocycles. The molecule has 28 heavy (non-hydrogen) atoms. The van der Waals surface area contributed by atoms with Crippen LogP contribution >= 0.6 is 15.9 Å². The van der Waals surface area contributed by atoms with Gasteiger partial charge in [-0.1, -0.05) is 29.3 Å². The highest BCUT2D eigenvalue weighted by Crippen LogP contribution is 2.28. The van der Waals surface area contributed by atoms with Crippen LogP contribution in [0.15, 0.2) is 40.9 Å². The van der Waals surface area contributed by atoms with E-state index in [4.69, 9.17) is 4.74 Å². The van der Waals surface area contributed by atoms with Crippen molar-refractivity contribution in [3.8, 4) is 5.75 Å². The Balaban J connectivity index is 1.96. The molecule has 5 nitrogen and oxygen atoms in total. The first-order valence-corrected chi connectivity index (χ1v) is 10.2. The smallest absolute Gasteiger partial charge is 0.265 e. The van der Waals surface area contributed by atoms with E-state index in [9.17, 15) is 9.59 Å². The fourth-order valence-electron chi connectivity index (χ4n) is 2.74. The summed E-state index contributed by atoms with van der Waals surface area (Å²) in [6.45, 7) is 8.35. The minimum Gasteiger partial charge on any atom is -0.480 e. The molecule has 0 radical (unpaired) electrons. The summed E-state index contributed by atoms with van der Waals surface area (Å²) in [5, 5.41) is 5.70. The number of rotatable bonds is 8. The first-order chi connectivity index (χ1) is 13.3. The lowest BCUT2D eigenvalue weighted by Gasteiger charge is -2.18. The third kappa shape index (κ3) is 6.09. The van der Waals surface area contributed by atoms with Crippen molar-refractivity contribution < 1.29 is 14.3 Å². The van der Waals surface area contributed by atoms with E-state index in [-0.39, 0.29) is 11.8 Å². The molecule has 0 aliphatic carbocycles. The molecule has 150 valence electrons. The number of carbonyl (C=O) groups excluding carboxylic acids is 2. The van der Waals surface area contributed by atoms with Crippen LogP contribution in [0, 0.1) is 13.8 Å². The first kappa shape index (κ1) is 22.0. The number of hydrogen-bond donors (Lipinski definition) is 2. The third-order valence-corrected chi connectivity index (χ3v) is 4.78. The van der Waals surface area contributed by atoms with Gasteiger partial charge in [-0.3, -0.25) is 9.59 Å². The normalized spacial score (nSPS) is 11.6. The lowest BCUT2D eigenvalue weighted by molar-refractivity contribution is -0.122. The van der Waals surface area contributed by atoms with Gasteiger partial charge in [-0.2, -0.15) is 0 Å². The van der Waals surface area contributed by atoms with Crippen molar-refractivity contribution >= 4 is 33.4 Å². The highest BCUT2D eigenvalue weighted by molar-refractivity contribution is 9.10. The van der Waals surface area contributed by atoms with E-state index >= 15 is 0 Å². The van der Waals surface area contributed by atoms with E-state index < -0.39 is 6.10 Å². The Morgan fingerprint density at radius 3 is 2.29 bits per heavy atom. The predicted molar refractivity (Wildman–Crippen MR) is 116 cm³/mol. The molecule has 0 aromatic heterocycles. The third-order valence-electron chi connectivity index (χ3n) is 4.32. The zero-order valence-corrected chi connectivity index (χ0v) is 18.4. The van der Waals surface area contributed by atoms with Crippen LogP contribution in [0.4, 0.5) is 5.69 Å². The number of anilines is 1. The average molecular weight is 447 g/mol. The maximum Gasteiger partial charge on any atom is 0.265 e. The Bertz CT molecular complexity index is 811. The van der Waals surface area contributed by atoms with Gasteiger partial charge in [0.05, 0.1) is 0 Å². The Kier molecular flexibility index (Phi) is 8.05. The highest BCUT2D eigenvalue weighted by atomic mass is 79.9. The number of hydrogen-bond acceptors (Lipinski definition) is 3. The van der Waals surface area contributed by atoms with Crippen molar-refractivity contribution in [2.75, 3.05) is 11.9 Å². The molecule has 2 amide bonds. The SMILES string of the molecule is CCCCNC(=O)c1ccc(NC(=O)C(C)Oc2c(C)cc(Br)cc2C)cc1. The fourth-order valence-corrected chi connectivity index (χ4v) is 3.43. The molecule has 2 aromatic carbocycles. The molecule has 6 heteroatoms. The summed E-state index contributed by atoms with van der Waals surface area (Å²) in [6.07, 6.45) is 1.33. The number of aryl methyl sites for hydroxylation is 2. The van der Waals surface area contributed by atoms with Gasteiger partial charge in [0.2, 0.25) is 0 Å². The molecule has 2 rings (SSSR count). The Hall–Kier alpha value is -2.34. The van der Waals surface area contributed by atoms with Gasteiger partial charge >= 0.3 is 0 Å². The Morgan fingerprint density at radius 2 is 1.71 bits per heavy atom. The molecule has 0 aliphatic rings. The van der Waals surface area contributed by atoms with Crippen molar-refractivity contribution in [3.05, 3.63) is 57.6 Å². The van der Waals surface area contributed by atoms with Crippen LogP contribution in [0.3, 0.4) is 0 Å². The van der Waals surface area contributed by atoms with Crippen molar-refractivity contribution in [2.24, 2.45) is 0 Å². The molecule has 0 fully saturated rings. The number of benzene rings is 2. The van der Waals surface area contributed by atoms with Crippen molar-refractivity contribution in [1.29, 1.82) is 0 Å². The topological polar surface area (TPSA) is 67.4 Å². The van der Waals surface area contributed by atoms with E-state index in [0.29, 0.717) is 23.5 Å². The standard InChI is InChI=1S/C22H27BrN2O3/c1-5-6-11-24-22(27)17-7-9-19(10-8-17)25-21(26)16(4)28-20-14(2)12-18(23)13-15(20)3/h7-10,12-13,16H,5-6,11H2,1-4H3,(H,24,27)(H,25,26). The minimum absolute atomic E-state index is 0.107. The summed E-state index contributed by atoms with van der Waals surface area (Å²) in [6, 6.07) is 10.7. The Morgan fingerprint density at radius 1 is 1.11 bits per heavy atom. The monoisotopic (exact) mass is 446 g/mol. The number of ether oxygens (including phenoxy) is 1. The fraction of sp³-hybridized carbons (Fsp3) is 0.364. The van der Waals surface area contributed by atoms with Crippen LogP contribution in [-0.2, 0) is 4.79 Å². The van der Waals surface area contributed by atoms with Gasteiger partial charge < -0.3 is 15.4 Å². The van der Waals surface area contributed by atoms with Gasteiger partial charge in [0, 0.05) is 22.3 Å².